The molecule has 0 rings (SSSR count). The molecule has 0 unspecified atom stereocenters. The van der Waals surface area contributed by atoms with Crippen molar-refractivity contribution in [3.05, 3.63) is 39.4 Å². The topological polar surface area (TPSA) is 177 Å². The van der Waals surface area contributed by atoms with Crippen LogP contribution in [0.4, 0.5) is 0 Å². The first-order valence-electron chi connectivity index (χ1n) is 1.75. The molecule has 0 fully saturated rings. The van der Waals surface area contributed by atoms with Gasteiger partial charge < -0.3 is 71.0 Å². The van der Waals surface area contributed by atoms with Gasteiger partial charge in [0.25, 0.3) is 0 Å². The van der Waals surface area contributed by atoms with Crippen molar-refractivity contribution < 1.29 is 42.8 Å². The van der Waals surface area contributed by atoms with Crippen molar-refractivity contribution >= 4 is 0 Å². The Morgan fingerprint density at radius 2 is 0.500 bits per heavy atom. The van der Waals surface area contributed by atoms with Gasteiger partial charge in [-0.1, -0.05) is 0 Å². The summed E-state index contributed by atoms with van der Waals surface area (Å²) >= 11 is -2.00. The van der Waals surface area contributed by atoms with Gasteiger partial charge in [0, 0.05) is 0 Å². The standard InChI is InChI=1S/6CN.Fe.2O.Ti/c6*1-2;;;;/q6*-1;+6;;;. The summed E-state index contributed by atoms with van der Waals surface area (Å²) in [4.78, 5) is 0. The van der Waals surface area contributed by atoms with Crippen molar-refractivity contribution in [1.82, 2.24) is 0 Å². The van der Waals surface area contributed by atoms with E-state index in [0.29, 0.717) is 0 Å². The molecule has 8 nitrogen and oxygen atoms in total. The summed E-state index contributed by atoms with van der Waals surface area (Å²) in [5.74, 6) is 0. The van der Waals surface area contributed by atoms with E-state index in [1.807, 2.05) is 0 Å². The zero-order valence-corrected chi connectivity index (χ0v) is 10.0. The van der Waals surface area contributed by atoms with Crippen LogP contribution in [0, 0.1) is 71.0 Å². The number of rotatable bonds is 0. The molecule has 10 heteroatoms. The van der Waals surface area contributed by atoms with E-state index in [4.69, 9.17) is 77.7 Å². The maximum absolute atomic E-state index is 8.50. The van der Waals surface area contributed by atoms with Crippen LogP contribution in [0.2, 0.25) is 0 Å². The molecule has 0 N–H and O–H groups in total. The summed E-state index contributed by atoms with van der Waals surface area (Å²) in [6, 6.07) is 0. The van der Waals surface area contributed by atoms with E-state index in [1.54, 1.807) is 0 Å². The molecule has 0 aliphatic carbocycles. The van der Waals surface area contributed by atoms with Gasteiger partial charge in [-0.05, 0) is 0 Å². The van der Waals surface area contributed by atoms with Crippen LogP contribution in [0.15, 0.2) is 0 Å². The van der Waals surface area contributed by atoms with Crippen LogP contribution in [-0.4, -0.2) is 0 Å². The maximum atomic E-state index is 8.50. The summed E-state index contributed by atoms with van der Waals surface area (Å²) in [6.07, 6.45) is 0. The summed E-state index contributed by atoms with van der Waals surface area (Å²) in [5.41, 5.74) is 0. The molecule has 0 spiro atoms. The van der Waals surface area contributed by atoms with Gasteiger partial charge in [-0.2, -0.15) is 0 Å². The molecule has 0 amide bonds. The monoisotopic (exact) mass is 292 g/mol. The van der Waals surface area contributed by atoms with Crippen LogP contribution in [0.5, 0.6) is 0 Å². The van der Waals surface area contributed by atoms with Crippen molar-refractivity contribution in [2.24, 2.45) is 0 Å². The number of hydrogen-bond acceptors (Lipinski definition) is 8. The van der Waals surface area contributed by atoms with E-state index in [1.165, 1.54) is 0 Å². The Bertz CT molecular complexity index is 166. The third kappa shape index (κ3) is 276. The number of nitrogens with zero attached hydrogens (tertiary/aromatic N) is 6. The van der Waals surface area contributed by atoms with E-state index in [9.17, 15) is 0 Å². The molecule has 0 atom stereocenters. The molecule has 0 aromatic carbocycles. The molecular weight excluding hydrogens is 292 g/mol. The van der Waals surface area contributed by atoms with Crippen LogP contribution in [0.25, 0.3) is 0 Å². The van der Waals surface area contributed by atoms with Crippen LogP contribution < -0.4 is 0 Å². The SMILES string of the molecule is [C-]#N.[C-]#N.[C-]#N.[C-]#N.[C-]#N.[C-]#N.[Fe+6].[O]=[Ti]=[O]. The van der Waals surface area contributed by atoms with Crippen molar-refractivity contribution in [3.63, 3.8) is 0 Å². The molecule has 0 aliphatic heterocycles. The van der Waals surface area contributed by atoms with Crippen molar-refractivity contribution in [1.29, 1.82) is 31.6 Å². The predicted octanol–water partition coefficient (Wildman–Crippen LogP) is 0.336. The van der Waals surface area contributed by atoms with Crippen LogP contribution in [-0.2, 0) is 42.8 Å². The first-order chi connectivity index (χ1) is 7.41. The third-order valence-electron chi connectivity index (χ3n) is 0. The fourth-order valence-electron chi connectivity index (χ4n) is 0. The van der Waals surface area contributed by atoms with Crippen LogP contribution in [0.3, 0.4) is 0 Å². The third-order valence-corrected chi connectivity index (χ3v) is 0. The minimum atomic E-state index is -2.00. The van der Waals surface area contributed by atoms with Gasteiger partial charge in [-0.25, -0.2) is 0 Å². The number of hydrogen-bond donors (Lipinski definition) is 0. The molecule has 78 valence electrons. The quantitative estimate of drug-likeness (QED) is 0.452. The minimum absolute atomic E-state index is 0. The summed E-state index contributed by atoms with van der Waals surface area (Å²) in [7, 11) is 0. The summed E-state index contributed by atoms with van der Waals surface area (Å²) in [6.45, 7) is 28.5. The van der Waals surface area contributed by atoms with Gasteiger partial charge in [-0.3, -0.25) is 0 Å². The summed E-state index contributed by atoms with van der Waals surface area (Å²) in [5, 5.41) is 37.5. The van der Waals surface area contributed by atoms with Crippen molar-refractivity contribution in [2.45, 2.75) is 0 Å². The van der Waals surface area contributed by atoms with Gasteiger partial charge >= 0.3 is 42.8 Å². The Labute approximate surface area is 114 Å². The zero-order valence-electron chi connectivity index (χ0n) is 7.35. The zero-order chi connectivity index (χ0) is 14.7. The van der Waals surface area contributed by atoms with Gasteiger partial charge in [0.2, 0.25) is 0 Å². The fraction of sp³-hybridized carbons (Fsp3) is 0. The van der Waals surface area contributed by atoms with E-state index < -0.39 is 19.1 Å². The van der Waals surface area contributed by atoms with Gasteiger partial charge in [0.15, 0.2) is 0 Å². The Hall–Kier alpha value is -2.23. The molecule has 0 heterocycles. The molecular formula is C6FeN6O2Ti. The molecule has 0 aromatic rings. The second kappa shape index (κ2) is 1180. The molecule has 16 heavy (non-hydrogen) atoms. The molecule has 0 aromatic heterocycles. The Balaban J connectivity index is -0.00000000777. The van der Waals surface area contributed by atoms with Gasteiger partial charge in [0.1, 0.15) is 0 Å². The Morgan fingerprint density at radius 3 is 0.500 bits per heavy atom. The second-order valence-electron chi connectivity index (χ2n) is 0.0833. The average molecular weight is 292 g/mol. The second-order valence-corrected chi connectivity index (χ2v) is 0.344. The summed E-state index contributed by atoms with van der Waals surface area (Å²) < 4.78 is 17.0. The van der Waals surface area contributed by atoms with Gasteiger partial charge in [-0.15, -0.1) is 0 Å². The first-order valence-corrected chi connectivity index (χ1v) is 3.02. The van der Waals surface area contributed by atoms with E-state index in [-0.39, 0.29) is 17.1 Å². The molecule has 0 saturated carbocycles. The normalized spacial score (nSPS) is 1.25. The molecule has 0 aliphatic rings. The van der Waals surface area contributed by atoms with Gasteiger partial charge in [0.05, 0.1) is 0 Å². The Morgan fingerprint density at radius 1 is 0.500 bits per heavy atom. The van der Waals surface area contributed by atoms with E-state index in [2.05, 4.69) is 0 Å². The average Bonchev–Trinajstić information content (AvgIpc) is 2.44. The molecule has 0 saturated heterocycles. The molecule has 0 radical (unpaired) electrons. The Kier molecular flexibility index (Phi) is 4960. The van der Waals surface area contributed by atoms with Crippen molar-refractivity contribution in [3.8, 4) is 0 Å². The fourth-order valence-corrected chi connectivity index (χ4v) is 0. The van der Waals surface area contributed by atoms with Crippen LogP contribution >= 0.6 is 0 Å². The predicted molar refractivity (Wildman–Crippen MR) is 31.2 cm³/mol. The molecule has 0 bridgehead atoms. The van der Waals surface area contributed by atoms with Crippen molar-refractivity contribution in [2.75, 3.05) is 0 Å². The first kappa shape index (κ1) is 67.4. The van der Waals surface area contributed by atoms with Crippen LogP contribution in [0.1, 0.15) is 0 Å². The van der Waals surface area contributed by atoms with E-state index >= 15 is 0 Å². The van der Waals surface area contributed by atoms with E-state index in [0.717, 1.165) is 0 Å².